The number of phenols is 1. The summed E-state index contributed by atoms with van der Waals surface area (Å²) in [6.45, 7) is 1.26. The van der Waals surface area contributed by atoms with Crippen LogP contribution in [0, 0.1) is 15.9 Å². The number of nitro benzene ring substituents is 1. The molecule has 0 aromatic heterocycles. The number of anilines is 1. The Morgan fingerprint density at radius 3 is 2.62 bits per heavy atom. The van der Waals surface area contributed by atoms with Gasteiger partial charge in [-0.3, -0.25) is 14.9 Å². The average Bonchev–Trinajstić information content (AvgIpc) is 2.55. The van der Waals surface area contributed by atoms with Crippen LogP contribution in [0.4, 0.5) is 15.8 Å². The van der Waals surface area contributed by atoms with E-state index in [4.69, 9.17) is 16.3 Å². The Bertz CT molecular complexity index is 889. The third-order valence-electron chi connectivity index (χ3n) is 3.24. The van der Waals surface area contributed by atoms with Crippen LogP contribution >= 0.6 is 11.6 Å². The van der Waals surface area contributed by atoms with Crippen LogP contribution in [0.25, 0.3) is 0 Å². The fourth-order valence-corrected chi connectivity index (χ4v) is 2.10. The molecule has 0 spiro atoms. The summed E-state index contributed by atoms with van der Waals surface area (Å²) in [7, 11) is 0. The molecule has 0 heterocycles. The van der Waals surface area contributed by atoms with E-state index in [-0.39, 0.29) is 16.3 Å². The minimum atomic E-state index is -1.29. The molecule has 1 atom stereocenters. The summed E-state index contributed by atoms with van der Waals surface area (Å²) in [4.78, 5) is 33.8. The van der Waals surface area contributed by atoms with Gasteiger partial charge in [0.1, 0.15) is 11.3 Å². The van der Waals surface area contributed by atoms with Gasteiger partial charge in [-0.2, -0.15) is 4.39 Å². The van der Waals surface area contributed by atoms with Gasteiger partial charge in [0.25, 0.3) is 5.91 Å². The van der Waals surface area contributed by atoms with Crippen molar-refractivity contribution in [3.05, 3.63) is 62.9 Å². The lowest BCUT2D eigenvalue weighted by Gasteiger charge is -2.14. The van der Waals surface area contributed by atoms with Crippen molar-refractivity contribution in [2.45, 2.75) is 13.0 Å². The van der Waals surface area contributed by atoms with Gasteiger partial charge in [0.2, 0.25) is 5.82 Å². The van der Waals surface area contributed by atoms with Gasteiger partial charge in [-0.1, -0.05) is 11.6 Å². The first kappa shape index (κ1) is 19.1. The van der Waals surface area contributed by atoms with Crippen molar-refractivity contribution in [1.29, 1.82) is 0 Å². The van der Waals surface area contributed by atoms with Gasteiger partial charge in [0.05, 0.1) is 4.92 Å². The summed E-state index contributed by atoms with van der Waals surface area (Å²) in [5.41, 5.74) is -1.04. The van der Waals surface area contributed by atoms with Crippen molar-refractivity contribution < 1.29 is 28.7 Å². The Balaban J connectivity index is 2.07. The molecule has 0 fully saturated rings. The maximum Gasteiger partial charge on any atom is 0.342 e. The molecule has 136 valence electrons. The predicted molar refractivity (Wildman–Crippen MR) is 89.7 cm³/mol. The van der Waals surface area contributed by atoms with E-state index >= 15 is 0 Å². The number of aromatic hydroxyl groups is 1. The molecule has 0 bridgehead atoms. The molecule has 26 heavy (non-hydrogen) atoms. The number of amides is 1. The molecule has 2 aromatic rings. The van der Waals surface area contributed by atoms with Crippen LogP contribution in [0.5, 0.6) is 5.75 Å². The molecule has 0 aliphatic heterocycles. The second kappa shape index (κ2) is 7.79. The Hall–Kier alpha value is -3.20. The van der Waals surface area contributed by atoms with E-state index in [0.29, 0.717) is 0 Å². The normalized spacial score (nSPS) is 11.5. The van der Waals surface area contributed by atoms with Gasteiger partial charge >= 0.3 is 11.7 Å². The summed E-state index contributed by atoms with van der Waals surface area (Å²) in [6.07, 6.45) is -1.29. The quantitative estimate of drug-likeness (QED) is 0.465. The first-order valence-electron chi connectivity index (χ1n) is 7.13. The number of carbonyl (C=O) groups is 2. The molecule has 2 N–H and O–H groups in total. The number of hydrogen-bond acceptors (Lipinski definition) is 6. The lowest BCUT2D eigenvalue weighted by atomic mass is 10.2. The Morgan fingerprint density at radius 2 is 2.00 bits per heavy atom. The van der Waals surface area contributed by atoms with Crippen molar-refractivity contribution in [2.24, 2.45) is 0 Å². The summed E-state index contributed by atoms with van der Waals surface area (Å²) in [5, 5.41) is 22.9. The third-order valence-corrected chi connectivity index (χ3v) is 3.48. The fourth-order valence-electron chi connectivity index (χ4n) is 1.93. The summed E-state index contributed by atoms with van der Waals surface area (Å²) >= 11 is 5.66. The summed E-state index contributed by atoms with van der Waals surface area (Å²) < 4.78 is 18.2. The Morgan fingerprint density at radius 1 is 1.31 bits per heavy atom. The van der Waals surface area contributed by atoms with Gasteiger partial charge in [-0.05, 0) is 37.3 Å². The maximum absolute atomic E-state index is 13.3. The molecule has 0 unspecified atom stereocenters. The highest BCUT2D eigenvalue weighted by molar-refractivity contribution is 6.30. The number of nitrogens with zero attached hydrogens (tertiary/aromatic N) is 1. The standard InChI is InChI=1S/C16H12ClFN2O6/c1-8(26-16(23)11-4-2-9(17)6-14(11)21)15(22)19-10-3-5-12(18)13(7-10)20(24)25/h2-8,21H,1H3,(H,19,22)/t8-/m0/s1. The molecule has 1 amide bonds. The van der Waals surface area contributed by atoms with Crippen LogP contribution in [-0.4, -0.2) is 28.0 Å². The predicted octanol–water partition coefficient (Wildman–Crippen LogP) is 3.28. The average molecular weight is 383 g/mol. The number of hydrogen-bond donors (Lipinski definition) is 2. The molecule has 8 nitrogen and oxygen atoms in total. The highest BCUT2D eigenvalue weighted by atomic mass is 35.5. The van der Waals surface area contributed by atoms with Crippen LogP contribution in [0.1, 0.15) is 17.3 Å². The smallest absolute Gasteiger partial charge is 0.342 e. The van der Waals surface area contributed by atoms with Gasteiger partial charge in [-0.15, -0.1) is 0 Å². The zero-order valence-corrected chi connectivity index (χ0v) is 14.0. The van der Waals surface area contributed by atoms with Gasteiger partial charge in [0.15, 0.2) is 6.10 Å². The van der Waals surface area contributed by atoms with E-state index in [1.807, 2.05) is 0 Å². The number of ether oxygens (including phenoxy) is 1. The van der Waals surface area contributed by atoms with E-state index < -0.39 is 40.2 Å². The molecule has 10 heteroatoms. The lowest BCUT2D eigenvalue weighted by molar-refractivity contribution is -0.387. The van der Waals surface area contributed by atoms with E-state index in [2.05, 4.69) is 5.32 Å². The van der Waals surface area contributed by atoms with Crippen molar-refractivity contribution in [1.82, 2.24) is 0 Å². The third kappa shape index (κ3) is 4.45. The maximum atomic E-state index is 13.3. The molecule has 0 aliphatic rings. The Kier molecular flexibility index (Phi) is 5.73. The monoisotopic (exact) mass is 382 g/mol. The molecule has 0 radical (unpaired) electrons. The van der Waals surface area contributed by atoms with E-state index in [9.17, 15) is 29.2 Å². The molecule has 0 saturated carbocycles. The first-order valence-corrected chi connectivity index (χ1v) is 7.51. The van der Waals surface area contributed by atoms with E-state index in [0.717, 1.165) is 24.3 Å². The SMILES string of the molecule is C[C@H](OC(=O)c1ccc(Cl)cc1O)C(=O)Nc1ccc(F)c([N+](=O)[O-])c1. The molecule has 0 aliphatic carbocycles. The first-order chi connectivity index (χ1) is 12.2. The van der Waals surface area contributed by atoms with E-state index in [1.54, 1.807) is 0 Å². The highest BCUT2D eigenvalue weighted by Crippen LogP contribution is 2.24. The number of benzene rings is 2. The fraction of sp³-hybridized carbons (Fsp3) is 0.125. The second-order valence-electron chi connectivity index (χ2n) is 5.12. The largest absolute Gasteiger partial charge is 0.507 e. The van der Waals surface area contributed by atoms with Crippen molar-refractivity contribution in [2.75, 3.05) is 5.32 Å². The zero-order valence-electron chi connectivity index (χ0n) is 13.2. The van der Waals surface area contributed by atoms with Crippen molar-refractivity contribution in [3.63, 3.8) is 0 Å². The van der Waals surface area contributed by atoms with Crippen LogP contribution in [0.15, 0.2) is 36.4 Å². The molecular formula is C16H12ClFN2O6. The minimum Gasteiger partial charge on any atom is -0.507 e. The van der Waals surface area contributed by atoms with Gasteiger partial charge < -0.3 is 15.2 Å². The van der Waals surface area contributed by atoms with Crippen LogP contribution in [0.3, 0.4) is 0 Å². The number of phenolic OH excluding ortho intramolecular Hbond substituents is 1. The summed E-state index contributed by atoms with van der Waals surface area (Å²) in [5.74, 6) is -3.23. The second-order valence-corrected chi connectivity index (χ2v) is 5.56. The molecular weight excluding hydrogens is 371 g/mol. The number of halogens is 2. The molecule has 2 aromatic carbocycles. The minimum absolute atomic E-state index is 0.0414. The van der Waals surface area contributed by atoms with Crippen molar-refractivity contribution in [3.8, 4) is 5.75 Å². The van der Waals surface area contributed by atoms with Gasteiger partial charge in [-0.25, -0.2) is 4.79 Å². The molecule has 0 saturated heterocycles. The Labute approximate surface area is 151 Å². The van der Waals surface area contributed by atoms with Crippen molar-refractivity contribution >= 4 is 34.9 Å². The zero-order chi connectivity index (χ0) is 19.4. The van der Waals surface area contributed by atoms with E-state index in [1.165, 1.54) is 19.1 Å². The van der Waals surface area contributed by atoms with Crippen LogP contribution < -0.4 is 5.32 Å². The topological polar surface area (TPSA) is 119 Å². The molecule has 2 rings (SSSR count). The number of nitrogens with one attached hydrogen (secondary N) is 1. The number of nitro groups is 1. The van der Waals surface area contributed by atoms with Crippen LogP contribution in [0.2, 0.25) is 5.02 Å². The lowest BCUT2D eigenvalue weighted by Crippen LogP contribution is -2.30. The highest BCUT2D eigenvalue weighted by Gasteiger charge is 2.22. The van der Waals surface area contributed by atoms with Gasteiger partial charge in [0, 0.05) is 16.8 Å². The number of carbonyl (C=O) groups excluding carboxylic acids is 2. The number of esters is 1. The summed E-state index contributed by atoms with van der Waals surface area (Å²) in [6, 6.07) is 6.53. The van der Waals surface area contributed by atoms with Crippen LogP contribution in [-0.2, 0) is 9.53 Å². The number of rotatable bonds is 5.